The van der Waals surface area contributed by atoms with Crippen molar-refractivity contribution in [1.29, 1.82) is 0 Å². The van der Waals surface area contributed by atoms with E-state index in [1.165, 1.54) is 5.56 Å². The standard InChI is InChI=1S/C20H23N5O/c26-20(21-11-10-16-6-2-1-3-7-16)25-14-12-24(13-15-25)19-22-17-8-4-5-9-18(17)23-19/h1-9H,10-15H2,(H,21,26)(H,22,23). The number of para-hydroxylation sites is 2. The number of piperazine rings is 1. The van der Waals surface area contributed by atoms with Crippen LogP contribution in [-0.2, 0) is 6.42 Å². The molecule has 0 atom stereocenters. The second-order valence-electron chi connectivity index (χ2n) is 6.52. The molecular formula is C20H23N5O. The summed E-state index contributed by atoms with van der Waals surface area (Å²) in [5, 5.41) is 3.02. The molecule has 1 saturated heterocycles. The van der Waals surface area contributed by atoms with Gasteiger partial charge in [-0.05, 0) is 24.1 Å². The highest BCUT2D eigenvalue weighted by Crippen LogP contribution is 2.18. The lowest BCUT2D eigenvalue weighted by atomic mass is 10.1. The van der Waals surface area contributed by atoms with E-state index >= 15 is 0 Å². The summed E-state index contributed by atoms with van der Waals surface area (Å²) in [7, 11) is 0. The third kappa shape index (κ3) is 3.64. The third-order valence-corrected chi connectivity index (χ3v) is 4.78. The predicted octanol–water partition coefficient (Wildman–Crippen LogP) is 2.64. The lowest BCUT2D eigenvalue weighted by molar-refractivity contribution is 0.194. The molecule has 0 radical (unpaired) electrons. The Kier molecular flexibility index (Phi) is 4.73. The Labute approximate surface area is 152 Å². The minimum atomic E-state index is 0.0187. The number of anilines is 1. The number of rotatable bonds is 4. The van der Waals surface area contributed by atoms with Gasteiger partial charge in [0.15, 0.2) is 0 Å². The predicted molar refractivity (Wildman–Crippen MR) is 103 cm³/mol. The number of aromatic nitrogens is 2. The van der Waals surface area contributed by atoms with Crippen LogP contribution in [0.1, 0.15) is 5.56 Å². The van der Waals surface area contributed by atoms with E-state index in [9.17, 15) is 4.79 Å². The average Bonchev–Trinajstić information content (AvgIpc) is 3.13. The molecule has 0 unspecified atom stereocenters. The molecule has 2 N–H and O–H groups in total. The minimum Gasteiger partial charge on any atom is -0.339 e. The lowest BCUT2D eigenvalue weighted by Gasteiger charge is -2.34. The van der Waals surface area contributed by atoms with Gasteiger partial charge in [0, 0.05) is 32.7 Å². The maximum Gasteiger partial charge on any atom is 0.317 e. The van der Waals surface area contributed by atoms with Crippen LogP contribution in [0.5, 0.6) is 0 Å². The Morgan fingerprint density at radius 3 is 2.50 bits per heavy atom. The summed E-state index contributed by atoms with van der Waals surface area (Å²) < 4.78 is 0. The van der Waals surface area contributed by atoms with Crippen LogP contribution in [0.25, 0.3) is 11.0 Å². The highest BCUT2D eigenvalue weighted by Gasteiger charge is 2.22. The molecule has 6 nitrogen and oxygen atoms in total. The van der Waals surface area contributed by atoms with Crippen molar-refractivity contribution >= 4 is 23.0 Å². The van der Waals surface area contributed by atoms with Gasteiger partial charge in [0.25, 0.3) is 0 Å². The fourth-order valence-corrected chi connectivity index (χ4v) is 3.28. The van der Waals surface area contributed by atoms with E-state index in [2.05, 4.69) is 32.3 Å². The number of fused-ring (bicyclic) bond motifs is 1. The number of benzene rings is 2. The van der Waals surface area contributed by atoms with Gasteiger partial charge >= 0.3 is 6.03 Å². The van der Waals surface area contributed by atoms with Gasteiger partial charge in [0.05, 0.1) is 11.0 Å². The van der Waals surface area contributed by atoms with Gasteiger partial charge in [-0.2, -0.15) is 0 Å². The summed E-state index contributed by atoms with van der Waals surface area (Å²) >= 11 is 0. The number of urea groups is 1. The third-order valence-electron chi connectivity index (χ3n) is 4.78. The fraction of sp³-hybridized carbons (Fsp3) is 0.300. The molecule has 1 fully saturated rings. The Hall–Kier alpha value is -3.02. The van der Waals surface area contributed by atoms with Crippen LogP contribution in [0, 0.1) is 0 Å². The van der Waals surface area contributed by atoms with Crippen LogP contribution in [-0.4, -0.2) is 53.6 Å². The van der Waals surface area contributed by atoms with Crippen LogP contribution in [0.15, 0.2) is 54.6 Å². The molecular weight excluding hydrogens is 326 g/mol. The Bertz CT molecular complexity index is 835. The number of carbonyl (C=O) groups excluding carboxylic acids is 1. The lowest BCUT2D eigenvalue weighted by Crippen LogP contribution is -2.52. The Morgan fingerprint density at radius 2 is 1.73 bits per heavy atom. The van der Waals surface area contributed by atoms with Crippen molar-refractivity contribution < 1.29 is 4.79 Å². The molecule has 1 aliphatic rings. The highest BCUT2D eigenvalue weighted by molar-refractivity contribution is 5.77. The average molecular weight is 349 g/mol. The summed E-state index contributed by atoms with van der Waals surface area (Å²) in [4.78, 5) is 24.4. The first-order chi connectivity index (χ1) is 12.8. The molecule has 26 heavy (non-hydrogen) atoms. The summed E-state index contributed by atoms with van der Waals surface area (Å²) in [6.07, 6.45) is 0.853. The van der Waals surface area contributed by atoms with Gasteiger partial charge in [0.2, 0.25) is 5.95 Å². The van der Waals surface area contributed by atoms with E-state index in [4.69, 9.17) is 0 Å². The largest absolute Gasteiger partial charge is 0.339 e. The van der Waals surface area contributed by atoms with Crippen LogP contribution >= 0.6 is 0 Å². The zero-order valence-electron chi connectivity index (χ0n) is 14.7. The van der Waals surface area contributed by atoms with Crippen molar-refractivity contribution in [3.05, 3.63) is 60.2 Å². The molecule has 2 heterocycles. The monoisotopic (exact) mass is 349 g/mol. The maximum atomic E-state index is 12.3. The Morgan fingerprint density at radius 1 is 1.00 bits per heavy atom. The van der Waals surface area contributed by atoms with Crippen molar-refractivity contribution in [2.24, 2.45) is 0 Å². The smallest absolute Gasteiger partial charge is 0.317 e. The van der Waals surface area contributed by atoms with E-state index < -0.39 is 0 Å². The van der Waals surface area contributed by atoms with E-state index in [0.717, 1.165) is 36.5 Å². The molecule has 0 saturated carbocycles. The maximum absolute atomic E-state index is 12.3. The quantitative estimate of drug-likeness (QED) is 0.761. The number of carbonyl (C=O) groups is 1. The van der Waals surface area contributed by atoms with E-state index in [1.807, 2.05) is 47.4 Å². The summed E-state index contributed by atoms with van der Waals surface area (Å²) in [6, 6.07) is 18.3. The summed E-state index contributed by atoms with van der Waals surface area (Å²) in [5.41, 5.74) is 3.26. The van der Waals surface area contributed by atoms with Crippen LogP contribution in [0.2, 0.25) is 0 Å². The topological polar surface area (TPSA) is 64.3 Å². The molecule has 6 heteroatoms. The number of aromatic amines is 1. The van der Waals surface area contributed by atoms with Gasteiger partial charge in [-0.15, -0.1) is 0 Å². The molecule has 3 aromatic rings. The van der Waals surface area contributed by atoms with E-state index in [-0.39, 0.29) is 6.03 Å². The normalized spacial score (nSPS) is 14.6. The first kappa shape index (κ1) is 16.4. The zero-order chi connectivity index (χ0) is 17.8. The van der Waals surface area contributed by atoms with Gasteiger partial charge in [0.1, 0.15) is 0 Å². The van der Waals surface area contributed by atoms with Gasteiger partial charge in [-0.3, -0.25) is 0 Å². The second-order valence-corrected chi connectivity index (χ2v) is 6.52. The molecule has 2 amide bonds. The molecule has 0 bridgehead atoms. The second kappa shape index (κ2) is 7.47. The van der Waals surface area contributed by atoms with Crippen LogP contribution in [0.4, 0.5) is 10.7 Å². The fourth-order valence-electron chi connectivity index (χ4n) is 3.28. The molecule has 134 valence electrons. The SMILES string of the molecule is O=C(NCCc1ccccc1)N1CCN(c2nc3ccccc3[nH]2)CC1. The molecule has 1 aromatic heterocycles. The first-order valence-electron chi connectivity index (χ1n) is 9.06. The Balaban J connectivity index is 1.27. The highest BCUT2D eigenvalue weighted by atomic mass is 16.2. The summed E-state index contributed by atoms with van der Waals surface area (Å²) in [6.45, 7) is 3.63. The number of imidazole rings is 1. The minimum absolute atomic E-state index is 0.0187. The van der Waals surface area contributed by atoms with Gasteiger partial charge in [-0.25, -0.2) is 9.78 Å². The number of hydrogen-bond acceptors (Lipinski definition) is 3. The van der Waals surface area contributed by atoms with Crippen LogP contribution < -0.4 is 10.2 Å². The zero-order valence-corrected chi connectivity index (χ0v) is 14.7. The molecule has 2 aromatic carbocycles. The van der Waals surface area contributed by atoms with Crippen molar-refractivity contribution in [3.63, 3.8) is 0 Å². The molecule has 4 rings (SSSR count). The number of hydrogen-bond donors (Lipinski definition) is 2. The molecule has 0 aliphatic carbocycles. The number of nitrogens with one attached hydrogen (secondary N) is 2. The van der Waals surface area contributed by atoms with Crippen molar-refractivity contribution in [2.75, 3.05) is 37.6 Å². The van der Waals surface area contributed by atoms with Crippen molar-refractivity contribution in [2.45, 2.75) is 6.42 Å². The summed E-state index contributed by atoms with van der Waals surface area (Å²) in [5.74, 6) is 0.885. The molecule has 1 aliphatic heterocycles. The van der Waals surface area contributed by atoms with Crippen LogP contribution in [0.3, 0.4) is 0 Å². The van der Waals surface area contributed by atoms with Crippen molar-refractivity contribution in [3.8, 4) is 0 Å². The first-order valence-corrected chi connectivity index (χ1v) is 9.06. The van der Waals surface area contributed by atoms with E-state index in [1.54, 1.807) is 0 Å². The van der Waals surface area contributed by atoms with Gasteiger partial charge in [-0.1, -0.05) is 42.5 Å². The molecule has 0 spiro atoms. The number of nitrogens with zero attached hydrogens (tertiary/aromatic N) is 3. The van der Waals surface area contributed by atoms with E-state index in [0.29, 0.717) is 19.6 Å². The van der Waals surface area contributed by atoms with Crippen molar-refractivity contribution in [1.82, 2.24) is 20.2 Å². The van der Waals surface area contributed by atoms with Gasteiger partial charge < -0.3 is 20.1 Å². The number of amides is 2. The number of H-pyrrole nitrogens is 1.